The number of amides is 4. The van der Waals surface area contributed by atoms with Gasteiger partial charge in [-0.3, -0.25) is 24.6 Å². The van der Waals surface area contributed by atoms with E-state index in [9.17, 15) is 24.0 Å². The van der Waals surface area contributed by atoms with Gasteiger partial charge in [0.05, 0.1) is 39.8 Å². The first-order chi connectivity index (χ1) is 33.7. The zero-order valence-electron chi connectivity index (χ0n) is 41.8. The number of carbonyl (C=O) groups excluding carboxylic acids is 5. The number of esters is 1. The Labute approximate surface area is 419 Å². The third-order valence-electron chi connectivity index (χ3n) is 11.3. The minimum absolute atomic E-state index is 0.303. The van der Waals surface area contributed by atoms with Crippen LogP contribution in [0.3, 0.4) is 0 Å². The van der Waals surface area contributed by atoms with E-state index in [1.165, 1.54) is 4.90 Å². The maximum Gasteiger partial charge on any atom is 0.414 e. The molecule has 16 heteroatoms. The molecule has 7 rings (SSSR count). The number of hydrogen-bond donors (Lipinski definition) is 2. The van der Waals surface area contributed by atoms with Gasteiger partial charge in [0.2, 0.25) is 5.91 Å². The van der Waals surface area contributed by atoms with E-state index in [2.05, 4.69) is 51.3 Å². The first-order valence-electron chi connectivity index (χ1n) is 23.6. The van der Waals surface area contributed by atoms with E-state index >= 15 is 0 Å². The lowest BCUT2D eigenvalue weighted by molar-refractivity contribution is -0.119. The van der Waals surface area contributed by atoms with Crippen molar-refractivity contribution in [1.29, 1.82) is 0 Å². The van der Waals surface area contributed by atoms with Gasteiger partial charge in [-0.15, -0.1) is 0 Å². The Bertz CT molecular complexity index is 2900. The van der Waals surface area contributed by atoms with Gasteiger partial charge in [-0.2, -0.15) is 0 Å². The molecule has 0 bridgehead atoms. The molecule has 372 valence electrons. The van der Waals surface area contributed by atoms with Gasteiger partial charge in [0.1, 0.15) is 35.1 Å². The Morgan fingerprint density at radius 1 is 0.803 bits per heavy atom. The normalized spacial score (nSPS) is 13.7. The Hall–Kier alpha value is -7.33. The minimum atomic E-state index is -0.764. The van der Waals surface area contributed by atoms with Crippen LogP contribution in [0, 0.1) is 0 Å². The van der Waals surface area contributed by atoms with Crippen LogP contribution in [0.15, 0.2) is 109 Å². The summed E-state index contributed by atoms with van der Waals surface area (Å²) in [7, 11) is 3.57. The first kappa shape index (κ1) is 51.5. The molecule has 71 heavy (non-hydrogen) atoms. The summed E-state index contributed by atoms with van der Waals surface area (Å²) in [4.78, 5) is 71.6. The van der Waals surface area contributed by atoms with Crippen LogP contribution < -0.4 is 29.9 Å². The van der Waals surface area contributed by atoms with Crippen molar-refractivity contribution in [3.8, 4) is 22.6 Å². The molecule has 0 spiro atoms. The molecular formula is C55H62N6O9S. The lowest BCUT2D eigenvalue weighted by Gasteiger charge is -2.26. The number of ether oxygens (including phenoxy) is 4. The van der Waals surface area contributed by atoms with E-state index in [4.69, 9.17) is 23.9 Å². The number of thioether (sulfide) groups is 1. The molecule has 1 aliphatic heterocycles. The summed E-state index contributed by atoms with van der Waals surface area (Å²) in [5.74, 6) is 0.801. The number of aromatic nitrogens is 2. The lowest BCUT2D eigenvalue weighted by Crippen LogP contribution is -2.35. The SMILES string of the molecule is CCCc1nc2ccc(N(C)CCOc3ccc(NC(=O)COc4ccc(CC5SC(=O)NC5=O)cc4)c(N(C)C(=O)OC(C)(C)C)c3)cc2n1Cc1ccc(-c2ccccc2C(=O)OC(C)(C)C)cc1. The van der Waals surface area contributed by atoms with Crippen molar-refractivity contribution in [2.75, 3.05) is 49.0 Å². The lowest BCUT2D eigenvalue weighted by atomic mass is 9.98. The number of nitrogens with zero attached hydrogens (tertiary/aromatic N) is 4. The molecule has 6 aromatic rings. The molecule has 0 radical (unpaired) electrons. The predicted molar refractivity (Wildman–Crippen MR) is 279 cm³/mol. The van der Waals surface area contributed by atoms with Gasteiger partial charge in [-0.1, -0.05) is 73.3 Å². The summed E-state index contributed by atoms with van der Waals surface area (Å²) in [6.07, 6.45) is 1.53. The van der Waals surface area contributed by atoms with Gasteiger partial charge in [-0.25, -0.2) is 14.6 Å². The Morgan fingerprint density at radius 2 is 1.49 bits per heavy atom. The zero-order valence-corrected chi connectivity index (χ0v) is 42.6. The number of hydrogen-bond acceptors (Lipinski definition) is 12. The van der Waals surface area contributed by atoms with Crippen molar-refractivity contribution < 1.29 is 42.9 Å². The van der Waals surface area contributed by atoms with Crippen molar-refractivity contribution in [3.05, 3.63) is 132 Å². The molecular weight excluding hydrogens is 921 g/mol. The molecule has 1 aromatic heterocycles. The van der Waals surface area contributed by atoms with E-state index in [-0.39, 0.29) is 23.7 Å². The van der Waals surface area contributed by atoms with Crippen LogP contribution in [-0.2, 0) is 38.4 Å². The second-order valence-electron chi connectivity index (χ2n) is 19.3. The highest BCUT2D eigenvalue weighted by Crippen LogP contribution is 2.33. The fourth-order valence-electron chi connectivity index (χ4n) is 7.85. The van der Waals surface area contributed by atoms with Gasteiger partial charge in [0.15, 0.2) is 6.61 Å². The quantitative estimate of drug-likeness (QED) is 0.0783. The summed E-state index contributed by atoms with van der Waals surface area (Å²) < 4.78 is 25.7. The number of nitrogens with one attached hydrogen (secondary N) is 2. The molecule has 1 aliphatic rings. The van der Waals surface area contributed by atoms with Crippen LogP contribution in [0.25, 0.3) is 22.2 Å². The highest BCUT2D eigenvalue weighted by molar-refractivity contribution is 8.15. The maximum absolute atomic E-state index is 13.3. The fourth-order valence-corrected chi connectivity index (χ4v) is 8.71. The second kappa shape index (κ2) is 22.2. The number of anilines is 3. The third kappa shape index (κ3) is 13.7. The van der Waals surface area contributed by atoms with Crippen molar-refractivity contribution in [1.82, 2.24) is 14.9 Å². The van der Waals surface area contributed by atoms with E-state index in [1.807, 2.05) is 64.2 Å². The molecule has 0 aliphatic carbocycles. The van der Waals surface area contributed by atoms with Gasteiger partial charge >= 0.3 is 12.1 Å². The predicted octanol–water partition coefficient (Wildman–Crippen LogP) is 10.5. The summed E-state index contributed by atoms with van der Waals surface area (Å²) in [6, 6.07) is 34.1. The van der Waals surface area contributed by atoms with Crippen LogP contribution in [0.5, 0.6) is 11.5 Å². The molecule has 1 saturated heterocycles. The topological polar surface area (TPSA) is 171 Å². The minimum Gasteiger partial charge on any atom is -0.492 e. The average Bonchev–Trinajstić information content (AvgIpc) is 3.83. The highest BCUT2D eigenvalue weighted by Gasteiger charge is 2.31. The van der Waals surface area contributed by atoms with Crippen molar-refractivity contribution >= 4 is 69.0 Å². The third-order valence-corrected chi connectivity index (χ3v) is 12.3. The van der Waals surface area contributed by atoms with Crippen molar-refractivity contribution in [2.45, 2.75) is 90.7 Å². The number of imidazole rings is 1. The van der Waals surface area contributed by atoms with E-state index < -0.39 is 28.5 Å². The smallest absolute Gasteiger partial charge is 0.414 e. The average molecular weight is 983 g/mol. The molecule has 1 unspecified atom stereocenters. The van der Waals surface area contributed by atoms with Crippen LogP contribution in [0.1, 0.15) is 82.2 Å². The molecule has 2 heterocycles. The van der Waals surface area contributed by atoms with Crippen LogP contribution in [0.2, 0.25) is 0 Å². The summed E-state index contributed by atoms with van der Waals surface area (Å²) in [6.45, 7) is 14.2. The number of benzene rings is 5. The second-order valence-corrected chi connectivity index (χ2v) is 20.5. The molecule has 5 aromatic carbocycles. The molecule has 1 atom stereocenters. The zero-order chi connectivity index (χ0) is 51.0. The Balaban J connectivity index is 1.01. The fraction of sp³-hybridized carbons (Fsp3) is 0.345. The summed E-state index contributed by atoms with van der Waals surface area (Å²) in [5.41, 5.74) is 6.45. The van der Waals surface area contributed by atoms with Crippen LogP contribution >= 0.6 is 11.8 Å². The number of likely N-dealkylation sites (N-methyl/N-ethyl adjacent to an activating group) is 1. The largest absolute Gasteiger partial charge is 0.492 e. The number of aryl methyl sites for hydroxylation is 1. The number of rotatable bonds is 18. The van der Waals surface area contributed by atoms with E-state index in [0.717, 1.165) is 69.4 Å². The van der Waals surface area contributed by atoms with Gasteiger partial charge in [0, 0.05) is 38.8 Å². The standard InChI is InChI=1S/C55H62N6O9S/c1-10-13-48-56-44-26-22-38(31-46(44)61(48)33-36-16-20-37(21-17-36)41-14-11-12-15-42(41)51(64)69-54(2,3)4)59(8)28-29-67-40-25-27-43(45(32-40)60(9)53(66)70-55(5,6)7)57-49(62)34-68-39-23-18-35(19-24-39)30-47-50(63)58-52(65)71-47/h11-12,14-27,31-32,47H,10,13,28-30,33-34H2,1-9H3,(H,57,62)(H,58,63,65). The molecule has 4 amide bonds. The van der Waals surface area contributed by atoms with E-state index in [0.29, 0.717) is 54.6 Å². The maximum atomic E-state index is 13.3. The summed E-state index contributed by atoms with van der Waals surface area (Å²) >= 11 is 0.967. The van der Waals surface area contributed by atoms with Gasteiger partial charge < -0.3 is 33.7 Å². The number of fused-ring (bicyclic) bond motifs is 1. The van der Waals surface area contributed by atoms with Crippen molar-refractivity contribution in [3.63, 3.8) is 0 Å². The Kier molecular flexibility index (Phi) is 16.1. The van der Waals surface area contributed by atoms with Gasteiger partial charge in [0.25, 0.3) is 11.1 Å². The summed E-state index contributed by atoms with van der Waals surface area (Å²) in [5, 5.41) is 4.31. The molecule has 0 saturated carbocycles. The molecule has 2 N–H and O–H groups in total. The number of carbonyl (C=O) groups is 5. The molecule has 1 fully saturated rings. The van der Waals surface area contributed by atoms with E-state index in [1.54, 1.807) is 76.3 Å². The van der Waals surface area contributed by atoms with Crippen molar-refractivity contribution in [2.24, 2.45) is 0 Å². The Morgan fingerprint density at radius 3 is 2.17 bits per heavy atom. The molecule has 15 nitrogen and oxygen atoms in total. The van der Waals surface area contributed by atoms with Crippen LogP contribution in [-0.4, -0.2) is 89.0 Å². The first-order valence-corrected chi connectivity index (χ1v) is 24.5. The van der Waals surface area contributed by atoms with Crippen LogP contribution in [0.4, 0.5) is 26.7 Å². The van der Waals surface area contributed by atoms with Gasteiger partial charge in [-0.05, 0) is 125 Å². The monoisotopic (exact) mass is 982 g/mol. The highest BCUT2D eigenvalue weighted by atomic mass is 32.2. The number of imide groups is 1.